The Hall–Kier alpha value is -3.57. The van der Waals surface area contributed by atoms with Gasteiger partial charge < -0.3 is 24.0 Å². The minimum atomic E-state index is -2.94. The maximum atomic E-state index is 13.1. The topological polar surface area (TPSA) is 97.9 Å². The standard InChI is InChI=1S/C29H27F2N3O5S/c30-28(31)38-23-4-2-1-3-20(23)25-21(26(39-33-25)15-5-6-15)14-37-19-12-17-8-9-18(13-19)34(17)29-32-22-10-7-16(27(35)36)11-24(22)40-29/h1-4,7,10-11,15,17-19,28H,5-6,8-9,12-14H2,(H,35,36)/t17-,18?,19?/m0/s1. The Balaban J connectivity index is 1.09. The molecule has 2 aromatic carbocycles. The summed E-state index contributed by atoms with van der Waals surface area (Å²) in [6, 6.07) is 12.3. The third kappa shape index (κ3) is 4.71. The molecular weight excluding hydrogens is 540 g/mol. The van der Waals surface area contributed by atoms with Gasteiger partial charge in [-0.15, -0.1) is 0 Å². The van der Waals surface area contributed by atoms with E-state index in [4.69, 9.17) is 19.0 Å². The summed E-state index contributed by atoms with van der Waals surface area (Å²) in [4.78, 5) is 18.6. The number of hydrogen-bond donors (Lipinski definition) is 1. The minimum Gasteiger partial charge on any atom is -0.478 e. The molecule has 2 saturated heterocycles. The van der Waals surface area contributed by atoms with Crippen molar-refractivity contribution in [2.45, 2.75) is 75.8 Å². The van der Waals surface area contributed by atoms with E-state index in [-0.39, 0.29) is 42.0 Å². The van der Waals surface area contributed by atoms with Gasteiger partial charge in [0.05, 0.1) is 28.5 Å². The maximum absolute atomic E-state index is 13.1. The van der Waals surface area contributed by atoms with Crippen LogP contribution in [0.15, 0.2) is 47.0 Å². The molecule has 1 N–H and O–H groups in total. The number of aromatic carboxylic acids is 1. The summed E-state index contributed by atoms with van der Waals surface area (Å²) in [5.74, 6) is 0.173. The number of nitrogens with zero attached hydrogens (tertiary/aromatic N) is 3. The predicted molar refractivity (Wildman–Crippen MR) is 144 cm³/mol. The number of carboxylic acid groups (broad SMARTS) is 1. The number of rotatable bonds is 9. The van der Waals surface area contributed by atoms with Crippen molar-refractivity contribution in [3.63, 3.8) is 0 Å². The predicted octanol–water partition coefficient (Wildman–Crippen LogP) is 6.84. The van der Waals surface area contributed by atoms with Crippen LogP contribution in [0.1, 0.15) is 66.1 Å². The van der Waals surface area contributed by atoms with Gasteiger partial charge >= 0.3 is 12.6 Å². The van der Waals surface area contributed by atoms with Crippen molar-refractivity contribution in [3.05, 3.63) is 59.4 Å². The lowest BCUT2D eigenvalue weighted by Crippen LogP contribution is -2.45. The van der Waals surface area contributed by atoms with Crippen molar-refractivity contribution >= 4 is 32.7 Å². The van der Waals surface area contributed by atoms with Crippen LogP contribution in [0.25, 0.3) is 21.5 Å². The summed E-state index contributed by atoms with van der Waals surface area (Å²) in [5, 5.41) is 14.5. The second-order valence-electron chi connectivity index (χ2n) is 10.7. The summed E-state index contributed by atoms with van der Waals surface area (Å²) in [6.45, 7) is -2.65. The van der Waals surface area contributed by atoms with E-state index in [1.54, 1.807) is 36.4 Å². The number of carbonyl (C=O) groups is 1. The molecule has 2 aliphatic heterocycles. The van der Waals surface area contributed by atoms with Crippen LogP contribution in [0.2, 0.25) is 0 Å². The van der Waals surface area contributed by atoms with Crippen molar-refractivity contribution < 1.29 is 32.7 Å². The Bertz CT molecular complexity index is 1550. The van der Waals surface area contributed by atoms with Crippen LogP contribution >= 0.6 is 11.3 Å². The van der Waals surface area contributed by atoms with Crippen LogP contribution in [0, 0.1) is 0 Å². The number of anilines is 1. The van der Waals surface area contributed by atoms with Gasteiger partial charge in [0.15, 0.2) is 5.13 Å². The van der Waals surface area contributed by atoms with E-state index in [2.05, 4.69) is 10.1 Å². The van der Waals surface area contributed by atoms with Gasteiger partial charge in [-0.1, -0.05) is 28.6 Å². The Kier molecular flexibility index (Phi) is 6.42. The molecule has 11 heteroatoms. The number of piperidine rings is 1. The highest BCUT2D eigenvalue weighted by Gasteiger charge is 2.43. The molecule has 4 aromatic rings. The normalized spacial score (nSPS) is 22.4. The van der Waals surface area contributed by atoms with E-state index in [1.807, 2.05) is 0 Å². The summed E-state index contributed by atoms with van der Waals surface area (Å²) in [5.41, 5.74) is 2.84. The molecule has 8 nitrogen and oxygen atoms in total. The molecule has 2 unspecified atom stereocenters. The van der Waals surface area contributed by atoms with Crippen molar-refractivity contribution in [1.82, 2.24) is 10.1 Å². The number of ether oxygens (including phenoxy) is 2. The number of benzene rings is 2. The zero-order valence-corrected chi connectivity index (χ0v) is 22.3. The molecule has 3 aliphatic rings. The number of aromatic nitrogens is 2. The molecule has 0 spiro atoms. The fourth-order valence-corrected chi connectivity index (χ4v) is 7.28. The van der Waals surface area contributed by atoms with E-state index in [9.17, 15) is 18.7 Å². The van der Waals surface area contributed by atoms with Crippen molar-refractivity contribution in [3.8, 4) is 17.0 Å². The highest BCUT2D eigenvalue weighted by molar-refractivity contribution is 7.22. The lowest BCUT2D eigenvalue weighted by Gasteiger charge is -2.38. The third-order valence-electron chi connectivity index (χ3n) is 8.12. The lowest BCUT2D eigenvalue weighted by molar-refractivity contribution is -0.0494. The highest BCUT2D eigenvalue weighted by atomic mass is 32.1. The van der Waals surface area contributed by atoms with Gasteiger partial charge in [0.1, 0.15) is 17.2 Å². The molecule has 0 radical (unpaired) electrons. The smallest absolute Gasteiger partial charge is 0.387 e. The zero-order chi connectivity index (χ0) is 27.4. The molecule has 2 bridgehead atoms. The van der Waals surface area contributed by atoms with Crippen molar-refractivity contribution in [1.29, 1.82) is 0 Å². The molecule has 40 heavy (non-hydrogen) atoms. The largest absolute Gasteiger partial charge is 0.478 e. The second kappa shape index (κ2) is 10.1. The van der Waals surface area contributed by atoms with Crippen LogP contribution in [-0.2, 0) is 11.3 Å². The fourth-order valence-electron chi connectivity index (χ4n) is 6.13. The monoisotopic (exact) mass is 567 g/mol. The Morgan fingerprint density at radius 3 is 2.62 bits per heavy atom. The molecule has 1 aliphatic carbocycles. The maximum Gasteiger partial charge on any atom is 0.387 e. The quantitative estimate of drug-likeness (QED) is 0.235. The molecule has 3 atom stereocenters. The van der Waals surface area contributed by atoms with Crippen LogP contribution in [-0.4, -0.2) is 46.0 Å². The number of thiazole rings is 1. The molecule has 7 rings (SSSR count). The lowest BCUT2D eigenvalue weighted by atomic mass is 10.00. The van der Waals surface area contributed by atoms with Gasteiger partial charge in [0.2, 0.25) is 0 Å². The molecule has 2 aromatic heterocycles. The van der Waals surface area contributed by atoms with Crippen LogP contribution in [0.5, 0.6) is 5.75 Å². The molecule has 0 amide bonds. The Morgan fingerprint density at radius 2 is 1.90 bits per heavy atom. The zero-order valence-electron chi connectivity index (χ0n) is 21.5. The molecule has 1 saturated carbocycles. The number of halogens is 2. The number of alkyl halides is 2. The first-order chi connectivity index (χ1) is 19.4. The van der Waals surface area contributed by atoms with E-state index < -0.39 is 12.6 Å². The molecule has 208 valence electrons. The van der Waals surface area contributed by atoms with Gasteiger partial charge in [-0.3, -0.25) is 0 Å². The molecule has 4 heterocycles. The first-order valence-corrected chi connectivity index (χ1v) is 14.3. The Morgan fingerprint density at radius 1 is 1.12 bits per heavy atom. The second-order valence-corrected chi connectivity index (χ2v) is 11.7. The highest BCUT2D eigenvalue weighted by Crippen LogP contribution is 2.47. The summed E-state index contributed by atoms with van der Waals surface area (Å²) >= 11 is 1.54. The van der Waals surface area contributed by atoms with Gasteiger partial charge in [-0.05, 0) is 68.9 Å². The first-order valence-electron chi connectivity index (χ1n) is 13.5. The molecular formula is C29H27F2N3O5S. The number of carboxylic acids is 1. The summed E-state index contributed by atoms with van der Waals surface area (Å²) < 4.78 is 44.0. The first kappa shape index (κ1) is 25.4. The van der Waals surface area contributed by atoms with Gasteiger partial charge in [0.25, 0.3) is 0 Å². The Labute approximate surface area is 232 Å². The van der Waals surface area contributed by atoms with Gasteiger partial charge in [0, 0.05) is 29.1 Å². The summed E-state index contributed by atoms with van der Waals surface area (Å²) in [7, 11) is 0. The average Bonchev–Trinajstić information content (AvgIpc) is 3.45. The van der Waals surface area contributed by atoms with Gasteiger partial charge in [-0.25, -0.2) is 9.78 Å². The van der Waals surface area contributed by atoms with Crippen molar-refractivity contribution in [2.75, 3.05) is 4.90 Å². The van der Waals surface area contributed by atoms with E-state index in [0.717, 1.165) is 65.2 Å². The fraction of sp³-hybridized carbons (Fsp3) is 0.414. The van der Waals surface area contributed by atoms with Crippen LogP contribution < -0.4 is 9.64 Å². The van der Waals surface area contributed by atoms with Crippen LogP contribution in [0.4, 0.5) is 13.9 Å². The van der Waals surface area contributed by atoms with E-state index >= 15 is 0 Å². The summed E-state index contributed by atoms with van der Waals surface area (Å²) in [6.07, 6.45) is 5.83. The SMILES string of the molecule is O=C(O)c1ccc2nc(N3C4CC[C@H]3CC(OCc3c(-c5ccccc5OC(F)F)noc3C3CC3)C4)sc2c1. The third-order valence-corrected chi connectivity index (χ3v) is 9.15. The number of fused-ring (bicyclic) bond motifs is 3. The van der Waals surface area contributed by atoms with E-state index in [0.29, 0.717) is 11.3 Å². The van der Waals surface area contributed by atoms with Gasteiger partial charge in [-0.2, -0.15) is 8.78 Å². The minimum absolute atomic E-state index is 0.0316. The average molecular weight is 568 g/mol. The number of hydrogen-bond acceptors (Lipinski definition) is 8. The molecule has 3 fully saturated rings. The van der Waals surface area contributed by atoms with E-state index in [1.165, 1.54) is 17.4 Å². The number of para-hydroxylation sites is 1. The van der Waals surface area contributed by atoms with Crippen molar-refractivity contribution in [2.24, 2.45) is 0 Å². The van der Waals surface area contributed by atoms with Crippen LogP contribution in [0.3, 0.4) is 0 Å².